The molecule has 3 N–H and O–H groups in total. The number of hydrogen-bond acceptors (Lipinski definition) is 5. The summed E-state index contributed by atoms with van der Waals surface area (Å²) in [6, 6.07) is 8.28. The maximum absolute atomic E-state index is 12.0. The molecule has 0 unspecified atom stereocenters. The van der Waals surface area contributed by atoms with Crippen LogP contribution in [0.3, 0.4) is 0 Å². The van der Waals surface area contributed by atoms with Crippen molar-refractivity contribution in [2.75, 3.05) is 6.61 Å². The van der Waals surface area contributed by atoms with E-state index in [1.165, 1.54) is 6.07 Å². The average Bonchev–Trinajstić information content (AvgIpc) is 2.54. The Morgan fingerprint density at radius 1 is 1.29 bits per heavy atom. The molecule has 2 aromatic rings. The second kappa shape index (κ2) is 7.82. The van der Waals surface area contributed by atoms with Crippen LogP contribution in [-0.4, -0.2) is 28.8 Å². The van der Waals surface area contributed by atoms with Crippen LogP contribution in [0, 0.1) is 18.3 Å². The van der Waals surface area contributed by atoms with E-state index < -0.39 is 12.7 Å². The predicted octanol–water partition coefficient (Wildman–Crippen LogP) is 1.08. The summed E-state index contributed by atoms with van der Waals surface area (Å²) >= 11 is 0. The summed E-state index contributed by atoms with van der Waals surface area (Å²) in [6.07, 6.45) is 1.83. The minimum atomic E-state index is -1.65. The molecule has 0 bridgehead atoms. The van der Waals surface area contributed by atoms with Crippen LogP contribution in [0.15, 0.2) is 29.1 Å². The fourth-order valence-electron chi connectivity index (χ4n) is 2.38. The van der Waals surface area contributed by atoms with Gasteiger partial charge in [0.1, 0.15) is 17.4 Å². The maximum atomic E-state index is 12.0. The van der Waals surface area contributed by atoms with Crippen LogP contribution >= 0.6 is 0 Å². The molecule has 2 rings (SSSR count). The molecule has 7 heteroatoms. The van der Waals surface area contributed by atoms with E-state index in [4.69, 9.17) is 4.74 Å². The molecule has 0 fully saturated rings. The first-order valence-electron chi connectivity index (χ1n) is 7.75. The summed E-state index contributed by atoms with van der Waals surface area (Å²) in [5, 5.41) is 28.2. The molecule has 0 aliphatic heterocycles. The number of unbranched alkanes of at least 4 members (excludes halogenated alkanes) is 1. The molecule has 0 atom stereocenters. The van der Waals surface area contributed by atoms with Crippen molar-refractivity contribution >= 4 is 12.6 Å². The van der Waals surface area contributed by atoms with Gasteiger partial charge in [0.25, 0.3) is 5.56 Å². The van der Waals surface area contributed by atoms with E-state index in [0.717, 1.165) is 12.8 Å². The zero-order valence-corrected chi connectivity index (χ0v) is 13.7. The number of nitrogens with zero attached hydrogens (tertiary/aromatic N) is 1. The summed E-state index contributed by atoms with van der Waals surface area (Å²) in [7, 11) is -1.65. The number of ether oxygens (including phenoxy) is 1. The van der Waals surface area contributed by atoms with Crippen molar-refractivity contribution in [3.63, 3.8) is 0 Å². The van der Waals surface area contributed by atoms with Crippen molar-refractivity contribution in [2.45, 2.75) is 26.7 Å². The van der Waals surface area contributed by atoms with Crippen LogP contribution < -0.4 is 15.8 Å². The normalized spacial score (nSPS) is 10.3. The number of aromatic nitrogens is 1. The number of H-pyrrole nitrogens is 1. The van der Waals surface area contributed by atoms with Crippen LogP contribution in [0.1, 0.15) is 31.0 Å². The molecule has 0 saturated carbocycles. The monoisotopic (exact) mass is 326 g/mol. The molecule has 1 heterocycles. The van der Waals surface area contributed by atoms with Crippen molar-refractivity contribution in [2.24, 2.45) is 0 Å². The van der Waals surface area contributed by atoms with Gasteiger partial charge in [0, 0.05) is 16.8 Å². The molecule has 124 valence electrons. The Morgan fingerprint density at radius 3 is 2.67 bits per heavy atom. The number of aryl methyl sites for hydroxylation is 1. The minimum absolute atomic E-state index is 0.0366. The Morgan fingerprint density at radius 2 is 2.04 bits per heavy atom. The number of hydrogen-bond donors (Lipinski definition) is 3. The van der Waals surface area contributed by atoms with Gasteiger partial charge in [0.2, 0.25) is 0 Å². The van der Waals surface area contributed by atoms with E-state index in [9.17, 15) is 20.1 Å². The summed E-state index contributed by atoms with van der Waals surface area (Å²) in [4.78, 5) is 14.6. The Balaban J connectivity index is 2.64. The van der Waals surface area contributed by atoms with E-state index in [1.54, 1.807) is 25.1 Å². The first-order chi connectivity index (χ1) is 11.5. The second-order valence-electron chi connectivity index (χ2n) is 5.51. The highest BCUT2D eigenvalue weighted by Crippen LogP contribution is 2.31. The van der Waals surface area contributed by atoms with Crippen LogP contribution in [0.4, 0.5) is 0 Å². The summed E-state index contributed by atoms with van der Waals surface area (Å²) in [5.41, 5.74) is 1.24. The lowest BCUT2D eigenvalue weighted by Crippen LogP contribution is -2.29. The zero-order chi connectivity index (χ0) is 17.7. The topological polar surface area (TPSA) is 106 Å². The van der Waals surface area contributed by atoms with Gasteiger partial charge in [-0.2, -0.15) is 5.26 Å². The third kappa shape index (κ3) is 3.85. The van der Waals surface area contributed by atoms with E-state index in [1.807, 2.05) is 13.0 Å². The van der Waals surface area contributed by atoms with Gasteiger partial charge >= 0.3 is 7.12 Å². The van der Waals surface area contributed by atoms with Gasteiger partial charge in [-0.05, 0) is 30.9 Å². The van der Waals surface area contributed by atoms with Gasteiger partial charge in [0.05, 0.1) is 6.61 Å². The van der Waals surface area contributed by atoms with E-state index >= 15 is 0 Å². The van der Waals surface area contributed by atoms with Crippen LogP contribution in [0.25, 0.3) is 11.1 Å². The molecule has 0 aliphatic carbocycles. The lowest BCUT2D eigenvalue weighted by molar-refractivity contribution is 0.310. The fourth-order valence-corrected chi connectivity index (χ4v) is 2.38. The molecule has 0 amide bonds. The molecule has 0 spiro atoms. The van der Waals surface area contributed by atoms with Crippen LogP contribution in [0.2, 0.25) is 0 Å². The van der Waals surface area contributed by atoms with Gasteiger partial charge in [-0.3, -0.25) is 4.79 Å². The van der Waals surface area contributed by atoms with Crippen LogP contribution in [0.5, 0.6) is 5.75 Å². The Bertz CT molecular complexity index is 824. The summed E-state index contributed by atoms with van der Waals surface area (Å²) in [5.74, 6) is 0.495. The highest BCUT2D eigenvalue weighted by Gasteiger charge is 2.19. The Labute approximate surface area is 140 Å². The molecular formula is C17H19BN2O4. The van der Waals surface area contributed by atoms with Gasteiger partial charge in [-0.15, -0.1) is 0 Å². The van der Waals surface area contributed by atoms with E-state index in [-0.39, 0.29) is 11.0 Å². The number of nitriles is 1. The molecule has 24 heavy (non-hydrogen) atoms. The lowest BCUT2D eigenvalue weighted by atomic mass is 9.78. The fraction of sp³-hybridized carbons (Fsp3) is 0.294. The summed E-state index contributed by atoms with van der Waals surface area (Å²) < 4.78 is 5.76. The van der Waals surface area contributed by atoms with Crippen molar-refractivity contribution in [1.82, 2.24) is 4.98 Å². The molecule has 1 aromatic heterocycles. The molecule has 1 aromatic carbocycles. The van der Waals surface area contributed by atoms with E-state index in [0.29, 0.717) is 29.2 Å². The highest BCUT2D eigenvalue weighted by atomic mass is 16.5. The Kier molecular flexibility index (Phi) is 5.80. The van der Waals surface area contributed by atoms with Gasteiger partial charge < -0.3 is 19.8 Å². The number of benzene rings is 1. The third-order valence-corrected chi connectivity index (χ3v) is 3.63. The van der Waals surface area contributed by atoms with Crippen LogP contribution in [-0.2, 0) is 0 Å². The first kappa shape index (κ1) is 17.8. The molecule has 0 aliphatic rings. The zero-order valence-electron chi connectivity index (χ0n) is 13.7. The smallest absolute Gasteiger partial charge is 0.488 e. The summed E-state index contributed by atoms with van der Waals surface area (Å²) in [6.45, 7) is 4.26. The van der Waals surface area contributed by atoms with Gasteiger partial charge in [-0.25, -0.2) is 0 Å². The molecule has 6 nitrogen and oxygen atoms in total. The van der Waals surface area contributed by atoms with Crippen molar-refractivity contribution < 1.29 is 14.8 Å². The van der Waals surface area contributed by atoms with Crippen molar-refractivity contribution in [3.05, 3.63) is 45.9 Å². The largest absolute Gasteiger partial charge is 0.493 e. The quantitative estimate of drug-likeness (QED) is 0.544. The Hall–Kier alpha value is -2.56. The van der Waals surface area contributed by atoms with E-state index in [2.05, 4.69) is 4.98 Å². The van der Waals surface area contributed by atoms with Crippen molar-refractivity contribution in [3.8, 4) is 22.9 Å². The number of nitrogens with one attached hydrogen (secondary N) is 1. The average molecular weight is 326 g/mol. The molecule has 0 radical (unpaired) electrons. The first-order valence-corrected chi connectivity index (χ1v) is 7.75. The van der Waals surface area contributed by atoms with Crippen molar-refractivity contribution in [1.29, 1.82) is 5.26 Å². The second-order valence-corrected chi connectivity index (χ2v) is 5.51. The third-order valence-electron chi connectivity index (χ3n) is 3.63. The predicted molar refractivity (Wildman–Crippen MR) is 92.2 cm³/mol. The number of aromatic amines is 1. The van der Waals surface area contributed by atoms with Gasteiger partial charge in [-0.1, -0.05) is 25.5 Å². The number of rotatable bonds is 6. The lowest BCUT2D eigenvalue weighted by Gasteiger charge is -2.14. The molecule has 0 saturated heterocycles. The highest BCUT2D eigenvalue weighted by molar-refractivity contribution is 6.58. The maximum Gasteiger partial charge on any atom is 0.488 e. The SMILES string of the molecule is CCCCOc1ccc(B(O)O)cc1-c1cc(C)[nH]c(=O)c1C#N. The molecular weight excluding hydrogens is 307 g/mol. The minimum Gasteiger partial charge on any atom is -0.493 e. The van der Waals surface area contributed by atoms with Gasteiger partial charge in [0.15, 0.2) is 0 Å². The number of pyridine rings is 1. The standard InChI is InChI=1S/C17H19BN2O4/c1-3-4-7-24-16-6-5-12(18(22)23)9-14(16)13-8-11(2)20-17(21)15(13)10-19/h5-6,8-9,22-23H,3-4,7H2,1-2H3,(H,20,21).